The molecule has 6 nitrogen and oxygen atoms in total. The van der Waals surface area contributed by atoms with Crippen molar-refractivity contribution in [2.24, 2.45) is 4.99 Å². The van der Waals surface area contributed by atoms with Gasteiger partial charge in [-0.15, -0.1) is 0 Å². The monoisotopic (exact) mass is 347 g/mol. The van der Waals surface area contributed by atoms with E-state index in [1.54, 1.807) is 20.9 Å². The maximum Gasteiger partial charge on any atom is 0.191 e. The van der Waals surface area contributed by atoms with Gasteiger partial charge < -0.3 is 15.4 Å². The van der Waals surface area contributed by atoms with E-state index in [-0.39, 0.29) is 0 Å². The molecule has 2 N–H and O–H groups in total. The van der Waals surface area contributed by atoms with Crippen LogP contribution in [0.1, 0.15) is 52.4 Å². The van der Waals surface area contributed by atoms with Crippen molar-refractivity contribution in [2.45, 2.75) is 63.2 Å². The Hall–Kier alpha value is -0.820. The van der Waals surface area contributed by atoms with Crippen LogP contribution in [0.2, 0.25) is 0 Å². The Kier molecular flexibility index (Phi) is 8.33. The average Bonchev–Trinajstić information content (AvgIpc) is 2.50. The molecule has 1 rings (SSSR count). The van der Waals surface area contributed by atoms with Crippen molar-refractivity contribution in [1.82, 2.24) is 10.6 Å². The predicted octanol–water partition coefficient (Wildman–Crippen LogP) is 1.71. The van der Waals surface area contributed by atoms with Gasteiger partial charge >= 0.3 is 0 Å². The first-order valence-electron chi connectivity index (χ1n) is 8.52. The summed E-state index contributed by atoms with van der Waals surface area (Å²) in [6.07, 6.45) is 8.91. The van der Waals surface area contributed by atoms with E-state index in [1.165, 1.54) is 38.4 Å². The second-order valence-corrected chi connectivity index (χ2v) is 9.52. The first kappa shape index (κ1) is 20.2. The largest absolute Gasteiger partial charge is 0.378 e. The van der Waals surface area contributed by atoms with Crippen molar-refractivity contribution in [3.8, 4) is 0 Å². The zero-order valence-corrected chi connectivity index (χ0v) is 15.8. The average molecular weight is 348 g/mol. The number of rotatable bonds is 8. The highest BCUT2D eigenvalue weighted by atomic mass is 32.2. The molecule has 1 aliphatic carbocycles. The van der Waals surface area contributed by atoms with E-state index in [0.29, 0.717) is 18.6 Å². The van der Waals surface area contributed by atoms with Crippen molar-refractivity contribution in [3.63, 3.8) is 0 Å². The Morgan fingerprint density at radius 1 is 1.22 bits per heavy atom. The molecule has 0 aromatic carbocycles. The molecule has 0 spiro atoms. The third-order valence-corrected chi connectivity index (χ3v) is 6.58. The standard InChI is InChI=1S/C16H33N3O3S/c1-16(2,23(4,20)21)13-19-15(17-3)18-11-8-12-22-14-9-6-5-7-10-14/h14H,5-13H2,1-4H3,(H2,17,18,19). The SMILES string of the molecule is CN=C(NCCCOC1CCCCC1)NCC(C)(C)S(C)(=O)=O. The van der Waals surface area contributed by atoms with Crippen LogP contribution >= 0.6 is 0 Å². The molecule has 0 aromatic heterocycles. The number of nitrogens with one attached hydrogen (secondary N) is 2. The third kappa shape index (κ3) is 7.52. The first-order valence-corrected chi connectivity index (χ1v) is 10.4. The lowest BCUT2D eigenvalue weighted by molar-refractivity contribution is 0.0277. The number of hydrogen-bond acceptors (Lipinski definition) is 4. The summed E-state index contributed by atoms with van der Waals surface area (Å²) in [5.74, 6) is 0.624. The lowest BCUT2D eigenvalue weighted by Gasteiger charge is -2.24. The fourth-order valence-electron chi connectivity index (χ4n) is 2.41. The summed E-state index contributed by atoms with van der Waals surface area (Å²) in [6.45, 7) is 5.25. The van der Waals surface area contributed by atoms with E-state index < -0.39 is 14.6 Å². The third-order valence-electron chi connectivity index (χ3n) is 4.43. The number of guanidine groups is 1. The highest BCUT2D eigenvalue weighted by Gasteiger charge is 2.30. The van der Waals surface area contributed by atoms with Crippen molar-refractivity contribution in [1.29, 1.82) is 0 Å². The number of ether oxygens (including phenoxy) is 1. The lowest BCUT2D eigenvalue weighted by Crippen LogP contribution is -2.47. The summed E-state index contributed by atoms with van der Waals surface area (Å²) in [6, 6.07) is 0. The second kappa shape index (κ2) is 9.47. The van der Waals surface area contributed by atoms with Crippen LogP contribution in [-0.2, 0) is 14.6 Å². The van der Waals surface area contributed by atoms with E-state index in [0.717, 1.165) is 19.6 Å². The van der Waals surface area contributed by atoms with E-state index in [2.05, 4.69) is 15.6 Å². The maximum absolute atomic E-state index is 11.7. The summed E-state index contributed by atoms with van der Waals surface area (Å²) in [4.78, 5) is 4.12. The van der Waals surface area contributed by atoms with Crippen molar-refractivity contribution in [2.75, 3.05) is 33.0 Å². The number of aliphatic imine (C=N–C) groups is 1. The fraction of sp³-hybridized carbons (Fsp3) is 0.938. The van der Waals surface area contributed by atoms with Gasteiger partial charge in [0.1, 0.15) is 0 Å². The molecule has 7 heteroatoms. The minimum atomic E-state index is -3.11. The molecule has 0 aromatic rings. The molecule has 0 radical (unpaired) electrons. The second-order valence-electron chi connectivity index (χ2n) is 6.87. The molecule has 0 amide bonds. The molecular formula is C16H33N3O3S. The Morgan fingerprint density at radius 2 is 1.87 bits per heavy atom. The molecule has 0 heterocycles. The van der Waals surface area contributed by atoms with Gasteiger partial charge in [-0.25, -0.2) is 8.42 Å². The predicted molar refractivity (Wildman–Crippen MR) is 95.7 cm³/mol. The summed E-state index contributed by atoms with van der Waals surface area (Å²) >= 11 is 0. The van der Waals surface area contributed by atoms with Gasteiger partial charge in [0.2, 0.25) is 0 Å². The zero-order valence-electron chi connectivity index (χ0n) is 15.0. The molecule has 0 unspecified atom stereocenters. The minimum absolute atomic E-state index is 0.323. The van der Waals surface area contributed by atoms with Gasteiger partial charge in [-0.2, -0.15) is 0 Å². The van der Waals surface area contributed by atoms with Crippen LogP contribution in [0.5, 0.6) is 0 Å². The maximum atomic E-state index is 11.7. The van der Waals surface area contributed by atoms with E-state index in [9.17, 15) is 8.42 Å². The fourth-order valence-corrected chi connectivity index (χ4v) is 2.74. The van der Waals surface area contributed by atoms with Gasteiger partial charge in [-0.3, -0.25) is 4.99 Å². The van der Waals surface area contributed by atoms with E-state index in [1.807, 2.05) is 0 Å². The van der Waals surface area contributed by atoms with Gasteiger partial charge in [0, 0.05) is 33.0 Å². The lowest BCUT2D eigenvalue weighted by atomic mass is 9.98. The van der Waals surface area contributed by atoms with Gasteiger partial charge in [0.25, 0.3) is 0 Å². The molecule has 1 saturated carbocycles. The van der Waals surface area contributed by atoms with Crippen LogP contribution < -0.4 is 10.6 Å². The van der Waals surface area contributed by atoms with Crippen molar-refractivity contribution >= 4 is 15.8 Å². The molecule has 0 aliphatic heterocycles. The molecular weight excluding hydrogens is 314 g/mol. The van der Waals surface area contributed by atoms with Crippen molar-refractivity contribution in [3.05, 3.63) is 0 Å². The first-order chi connectivity index (χ1) is 10.8. The topological polar surface area (TPSA) is 79.8 Å². The molecule has 136 valence electrons. The van der Waals surface area contributed by atoms with Crippen LogP contribution in [0, 0.1) is 0 Å². The van der Waals surface area contributed by atoms with Crippen LogP contribution in [0.3, 0.4) is 0 Å². The van der Waals surface area contributed by atoms with E-state index in [4.69, 9.17) is 4.74 Å². The Labute approximate surface area is 141 Å². The minimum Gasteiger partial charge on any atom is -0.378 e. The Bertz CT molecular complexity index is 469. The van der Waals surface area contributed by atoms with Gasteiger partial charge in [0.05, 0.1) is 10.9 Å². The molecule has 0 atom stereocenters. The highest BCUT2D eigenvalue weighted by Crippen LogP contribution is 2.20. The normalized spacial score (nSPS) is 18.0. The van der Waals surface area contributed by atoms with Gasteiger partial charge in [-0.05, 0) is 33.1 Å². The van der Waals surface area contributed by atoms with Crippen molar-refractivity contribution < 1.29 is 13.2 Å². The van der Waals surface area contributed by atoms with Crippen LogP contribution in [-0.4, -0.2) is 58.2 Å². The number of nitrogens with zero attached hydrogens (tertiary/aromatic N) is 1. The molecule has 0 saturated heterocycles. The van der Waals surface area contributed by atoms with Crippen LogP contribution in [0.4, 0.5) is 0 Å². The summed E-state index contributed by atoms with van der Waals surface area (Å²) < 4.78 is 28.4. The zero-order chi connectivity index (χ0) is 17.3. The Balaban J connectivity index is 2.19. The number of sulfone groups is 1. The number of hydrogen-bond donors (Lipinski definition) is 2. The molecule has 1 aliphatic rings. The van der Waals surface area contributed by atoms with E-state index >= 15 is 0 Å². The summed E-state index contributed by atoms with van der Waals surface area (Å²) in [7, 11) is -1.43. The summed E-state index contributed by atoms with van der Waals surface area (Å²) in [5.41, 5.74) is 0. The van der Waals surface area contributed by atoms with Crippen LogP contribution in [0.15, 0.2) is 4.99 Å². The quantitative estimate of drug-likeness (QED) is 0.397. The van der Waals surface area contributed by atoms with Crippen LogP contribution in [0.25, 0.3) is 0 Å². The molecule has 0 bridgehead atoms. The highest BCUT2D eigenvalue weighted by molar-refractivity contribution is 7.92. The molecule has 23 heavy (non-hydrogen) atoms. The summed E-state index contributed by atoms with van der Waals surface area (Å²) in [5, 5.41) is 6.27. The molecule has 1 fully saturated rings. The Morgan fingerprint density at radius 3 is 2.43 bits per heavy atom. The smallest absolute Gasteiger partial charge is 0.191 e. The van der Waals surface area contributed by atoms with Gasteiger partial charge in [-0.1, -0.05) is 19.3 Å². The van der Waals surface area contributed by atoms with Gasteiger partial charge in [0.15, 0.2) is 15.8 Å².